The molecule has 110 valence electrons. The van der Waals surface area contributed by atoms with Crippen LogP contribution in [0.15, 0.2) is 18.2 Å². The first-order valence-electron chi connectivity index (χ1n) is 6.76. The van der Waals surface area contributed by atoms with Crippen LogP contribution >= 0.6 is 0 Å². The SMILES string of the molecule is NNC(=O)c1ccc(F)c(CN2CCCC(CO)C2)c1. The van der Waals surface area contributed by atoms with E-state index in [2.05, 4.69) is 4.90 Å². The van der Waals surface area contributed by atoms with Crippen molar-refractivity contribution in [1.82, 2.24) is 10.3 Å². The lowest BCUT2D eigenvalue weighted by atomic mass is 9.98. The number of nitrogen functional groups attached to an aromatic ring is 1. The summed E-state index contributed by atoms with van der Waals surface area (Å²) in [6.07, 6.45) is 2.00. The van der Waals surface area contributed by atoms with Crippen LogP contribution in [0.1, 0.15) is 28.8 Å². The lowest BCUT2D eigenvalue weighted by Gasteiger charge is -2.31. The maximum atomic E-state index is 13.8. The Kier molecular flexibility index (Phi) is 5.05. The number of aliphatic hydroxyl groups excluding tert-OH is 1. The Bertz CT molecular complexity index is 481. The normalized spacial score (nSPS) is 19.9. The van der Waals surface area contributed by atoms with Gasteiger partial charge in [0.05, 0.1) is 0 Å². The zero-order valence-electron chi connectivity index (χ0n) is 11.3. The van der Waals surface area contributed by atoms with Gasteiger partial charge < -0.3 is 5.11 Å². The third-order valence-electron chi connectivity index (χ3n) is 3.69. The smallest absolute Gasteiger partial charge is 0.265 e. The first kappa shape index (κ1) is 14.9. The molecule has 0 saturated carbocycles. The van der Waals surface area contributed by atoms with Crippen molar-refractivity contribution in [2.45, 2.75) is 19.4 Å². The number of likely N-dealkylation sites (tertiary alicyclic amines) is 1. The third-order valence-corrected chi connectivity index (χ3v) is 3.69. The van der Waals surface area contributed by atoms with Crippen LogP contribution in [-0.2, 0) is 6.54 Å². The topological polar surface area (TPSA) is 78.6 Å². The van der Waals surface area contributed by atoms with Crippen LogP contribution < -0.4 is 11.3 Å². The van der Waals surface area contributed by atoms with E-state index in [4.69, 9.17) is 5.84 Å². The number of carbonyl (C=O) groups excluding carboxylic acids is 1. The first-order valence-corrected chi connectivity index (χ1v) is 6.76. The van der Waals surface area contributed by atoms with Gasteiger partial charge in [-0.1, -0.05) is 0 Å². The number of hydrazine groups is 1. The predicted octanol–water partition coefficient (Wildman–Crippen LogP) is 0.633. The second kappa shape index (κ2) is 6.78. The fraction of sp³-hybridized carbons (Fsp3) is 0.500. The van der Waals surface area contributed by atoms with Crippen LogP contribution in [-0.4, -0.2) is 35.6 Å². The number of carbonyl (C=O) groups is 1. The standard InChI is InChI=1S/C14H20FN3O2/c15-13-4-3-11(14(20)17-16)6-12(13)8-18-5-1-2-10(7-18)9-19/h3-4,6,10,19H,1-2,5,7-9,16H2,(H,17,20). The lowest BCUT2D eigenvalue weighted by molar-refractivity contribution is 0.0953. The number of nitrogens with two attached hydrogens (primary N) is 1. The molecule has 0 aliphatic carbocycles. The van der Waals surface area contributed by atoms with Gasteiger partial charge in [0.25, 0.3) is 5.91 Å². The third kappa shape index (κ3) is 3.53. The van der Waals surface area contributed by atoms with Crippen LogP contribution in [0.2, 0.25) is 0 Å². The zero-order valence-corrected chi connectivity index (χ0v) is 11.3. The van der Waals surface area contributed by atoms with E-state index < -0.39 is 5.91 Å². The summed E-state index contributed by atoms with van der Waals surface area (Å²) in [6.45, 7) is 2.23. The molecule has 1 aromatic rings. The van der Waals surface area contributed by atoms with Gasteiger partial charge >= 0.3 is 0 Å². The summed E-state index contributed by atoms with van der Waals surface area (Å²) in [5.74, 6) is 4.57. The average molecular weight is 281 g/mol. The molecular formula is C14H20FN3O2. The van der Waals surface area contributed by atoms with Gasteiger partial charge in [0.1, 0.15) is 5.82 Å². The lowest BCUT2D eigenvalue weighted by Crippen LogP contribution is -2.36. The highest BCUT2D eigenvalue weighted by molar-refractivity contribution is 5.93. The largest absolute Gasteiger partial charge is 0.396 e. The quantitative estimate of drug-likeness (QED) is 0.430. The number of nitrogens with zero attached hydrogens (tertiary/aromatic N) is 1. The number of halogens is 1. The molecule has 4 N–H and O–H groups in total. The monoisotopic (exact) mass is 281 g/mol. The molecule has 0 spiro atoms. The Morgan fingerprint density at radius 2 is 2.35 bits per heavy atom. The van der Waals surface area contributed by atoms with Gasteiger partial charge in [0.15, 0.2) is 0 Å². The summed E-state index contributed by atoms with van der Waals surface area (Å²) in [5.41, 5.74) is 2.86. The van der Waals surface area contributed by atoms with Crippen molar-refractivity contribution in [3.8, 4) is 0 Å². The summed E-state index contributed by atoms with van der Waals surface area (Å²) < 4.78 is 13.8. The van der Waals surface area contributed by atoms with E-state index >= 15 is 0 Å². The average Bonchev–Trinajstić information content (AvgIpc) is 2.49. The number of amides is 1. The summed E-state index contributed by atoms with van der Waals surface area (Å²) in [5, 5.41) is 9.21. The molecule has 1 atom stereocenters. The molecule has 2 rings (SSSR count). The van der Waals surface area contributed by atoms with Crippen LogP contribution in [0.3, 0.4) is 0 Å². The molecule has 1 aliphatic rings. The Morgan fingerprint density at radius 1 is 1.55 bits per heavy atom. The molecule has 1 unspecified atom stereocenters. The van der Waals surface area contributed by atoms with Crippen molar-refractivity contribution in [2.75, 3.05) is 19.7 Å². The number of piperidine rings is 1. The molecule has 1 fully saturated rings. The van der Waals surface area contributed by atoms with Gasteiger partial charge in [-0.05, 0) is 43.5 Å². The fourth-order valence-electron chi connectivity index (χ4n) is 2.61. The van der Waals surface area contributed by atoms with Gasteiger partial charge in [-0.3, -0.25) is 15.1 Å². The summed E-state index contributed by atoms with van der Waals surface area (Å²) in [4.78, 5) is 13.6. The summed E-state index contributed by atoms with van der Waals surface area (Å²) in [6, 6.07) is 4.22. The molecule has 0 aromatic heterocycles. The minimum Gasteiger partial charge on any atom is -0.396 e. The van der Waals surface area contributed by atoms with Crippen molar-refractivity contribution in [3.05, 3.63) is 35.1 Å². The molecule has 6 heteroatoms. The molecule has 5 nitrogen and oxygen atoms in total. The van der Waals surface area contributed by atoms with Crippen molar-refractivity contribution in [3.63, 3.8) is 0 Å². The Hall–Kier alpha value is -1.50. The number of hydrogen-bond acceptors (Lipinski definition) is 4. The van der Waals surface area contributed by atoms with Crippen LogP contribution in [0.4, 0.5) is 4.39 Å². The number of nitrogens with one attached hydrogen (secondary N) is 1. The summed E-state index contributed by atoms with van der Waals surface area (Å²) in [7, 11) is 0. The van der Waals surface area contributed by atoms with Gasteiger partial charge in [-0.2, -0.15) is 0 Å². The number of hydrogen-bond donors (Lipinski definition) is 3. The zero-order chi connectivity index (χ0) is 14.5. The molecule has 0 radical (unpaired) electrons. The van der Waals surface area contributed by atoms with Gasteiger partial charge in [-0.15, -0.1) is 0 Å². The van der Waals surface area contributed by atoms with Crippen molar-refractivity contribution in [1.29, 1.82) is 0 Å². The molecule has 20 heavy (non-hydrogen) atoms. The van der Waals surface area contributed by atoms with Gasteiger partial charge in [0, 0.05) is 30.8 Å². The van der Waals surface area contributed by atoms with Crippen LogP contribution in [0.5, 0.6) is 0 Å². The molecular weight excluding hydrogens is 261 g/mol. The maximum absolute atomic E-state index is 13.8. The van der Waals surface area contributed by atoms with E-state index in [0.717, 1.165) is 25.9 Å². The number of rotatable bonds is 4. The molecule has 1 amide bonds. The van der Waals surface area contributed by atoms with Crippen molar-refractivity contribution in [2.24, 2.45) is 11.8 Å². The fourth-order valence-corrected chi connectivity index (χ4v) is 2.61. The van der Waals surface area contributed by atoms with Crippen LogP contribution in [0.25, 0.3) is 0 Å². The molecule has 1 saturated heterocycles. The molecule has 1 heterocycles. The highest BCUT2D eigenvalue weighted by Crippen LogP contribution is 2.20. The van der Waals surface area contributed by atoms with Gasteiger partial charge in [-0.25, -0.2) is 10.2 Å². The van der Waals surface area contributed by atoms with E-state index in [9.17, 15) is 14.3 Å². The Labute approximate surface area is 117 Å². The Balaban J connectivity index is 2.10. The van der Waals surface area contributed by atoms with Crippen LogP contribution in [0, 0.1) is 11.7 Å². The number of aliphatic hydroxyl groups is 1. The molecule has 0 bridgehead atoms. The second-order valence-electron chi connectivity index (χ2n) is 5.21. The van der Waals surface area contributed by atoms with E-state index in [1.54, 1.807) is 0 Å². The van der Waals surface area contributed by atoms with E-state index in [-0.39, 0.29) is 18.3 Å². The van der Waals surface area contributed by atoms with Crippen molar-refractivity contribution < 1.29 is 14.3 Å². The van der Waals surface area contributed by atoms with Crippen molar-refractivity contribution >= 4 is 5.91 Å². The minimum atomic E-state index is -0.432. The maximum Gasteiger partial charge on any atom is 0.265 e. The molecule has 1 aliphatic heterocycles. The highest BCUT2D eigenvalue weighted by atomic mass is 19.1. The Morgan fingerprint density at radius 3 is 3.05 bits per heavy atom. The minimum absolute atomic E-state index is 0.161. The van der Waals surface area contributed by atoms with E-state index in [1.165, 1.54) is 18.2 Å². The highest BCUT2D eigenvalue weighted by Gasteiger charge is 2.20. The second-order valence-corrected chi connectivity index (χ2v) is 5.21. The summed E-state index contributed by atoms with van der Waals surface area (Å²) >= 11 is 0. The van der Waals surface area contributed by atoms with Gasteiger partial charge in [0.2, 0.25) is 0 Å². The predicted molar refractivity (Wildman–Crippen MR) is 73.1 cm³/mol. The first-order chi connectivity index (χ1) is 9.63. The molecule has 1 aromatic carbocycles. The number of benzene rings is 1. The van der Waals surface area contributed by atoms with E-state index in [0.29, 0.717) is 17.7 Å². The van der Waals surface area contributed by atoms with E-state index in [1.807, 2.05) is 5.43 Å².